The predicted molar refractivity (Wildman–Crippen MR) is 115 cm³/mol. The number of aryl methyl sites for hydroxylation is 1. The lowest BCUT2D eigenvalue weighted by atomic mass is 10.1. The van der Waals surface area contributed by atoms with E-state index in [4.69, 9.17) is 14.2 Å². The van der Waals surface area contributed by atoms with E-state index >= 15 is 0 Å². The average Bonchev–Trinajstić information content (AvgIpc) is 3.30. The van der Waals surface area contributed by atoms with Crippen molar-refractivity contribution in [1.82, 2.24) is 5.32 Å². The van der Waals surface area contributed by atoms with Crippen molar-refractivity contribution in [2.75, 3.05) is 45.9 Å². The van der Waals surface area contributed by atoms with Crippen LogP contribution in [0, 0.1) is 0 Å². The summed E-state index contributed by atoms with van der Waals surface area (Å²) in [6.45, 7) is 2.92. The van der Waals surface area contributed by atoms with E-state index in [1.807, 2.05) is 0 Å². The van der Waals surface area contributed by atoms with Crippen molar-refractivity contribution < 1.29 is 19.0 Å². The number of methoxy groups -OCH3 is 3. The lowest BCUT2D eigenvalue weighted by Gasteiger charge is -2.17. The molecule has 0 bridgehead atoms. The Balaban J connectivity index is 1.51. The number of anilines is 1. The summed E-state index contributed by atoms with van der Waals surface area (Å²) in [5.41, 5.74) is 3.08. The number of rotatable bonds is 9. The number of benzene rings is 2. The molecule has 0 atom stereocenters. The molecule has 1 amide bonds. The lowest BCUT2D eigenvalue weighted by Crippen LogP contribution is -2.25. The smallest absolute Gasteiger partial charge is 0.251 e. The van der Waals surface area contributed by atoms with Crippen LogP contribution >= 0.6 is 0 Å². The molecule has 0 saturated carbocycles. The van der Waals surface area contributed by atoms with Gasteiger partial charge in [-0.3, -0.25) is 4.79 Å². The molecule has 1 N–H and O–H groups in total. The maximum atomic E-state index is 12.5. The zero-order valence-corrected chi connectivity index (χ0v) is 17.5. The maximum Gasteiger partial charge on any atom is 0.251 e. The highest BCUT2D eigenvalue weighted by Crippen LogP contribution is 2.38. The molecule has 1 fully saturated rings. The predicted octanol–water partition coefficient (Wildman–Crippen LogP) is 3.68. The van der Waals surface area contributed by atoms with Crippen LogP contribution in [-0.4, -0.2) is 46.9 Å². The number of amides is 1. The van der Waals surface area contributed by atoms with Gasteiger partial charge in [0, 0.05) is 30.9 Å². The van der Waals surface area contributed by atoms with E-state index in [2.05, 4.69) is 34.5 Å². The number of ether oxygens (including phenoxy) is 3. The molecule has 0 radical (unpaired) electrons. The fourth-order valence-corrected chi connectivity index (χ4v) is 3.66. The SMILES string of the molecule is COc1cc(C(=O)NCCCc2ccc(N3CCCC3)cc2)cc(OC)c1OC. The molecule has 6 heteroatoms. The van der Waals surface area contributed by atoms with Crippen molar-refractivity contribution in [1.29, 1.82) is 0 Å². The Bertz CT molecular complexity index is 789. The van der Waals surface area contributed by atoms with Gasteiger partial charge >= 0.3 is 0 Å². The molecule has 6 nitrogen and oxygen atoms in total. The largest absolute Gasteiger partial charge is 0.493 e. The Morgan fingerprint density at radius 1 is 0.966 bits per heavy atom. The quantitative estimate of drug-likeness (QED) is 0.653. The molecule has 2 aromatic carbocycles. The number of carbonyl (C=O) groups is 1. The van der Waals surface area contributed by atoms with Gasteiger partial charge in [0.15, 0.2) is 11.5 Å². The average molecular weight is 399 g/mol. The fourth-order valence-electron chi connectivity index (χ4n) is 3.66. The molecular formula is C23H30N2O4. The molecule has 0 unspecified atom stereocenters. The first-order valence-corrected chi connectivity index (χ1v) is 10.1. The third-order valence-electron chi connectivity index (χ3n) is 5.26. The van der Waals surface area contributed by atoms with Gasteiger partial charge < -0.3 is 24.4 Å². The number of hydrogen-bond donors (Lipinski definition) is 1. The Labute approximate surface area is 172 Å². The summed E-state index contributed by atoms with van der Waals surface area (Å²) in [5.74, 6) is 1.25. The van der Waals surface area contributed by atoms with E-state index in [9.17, 15) is 4.79 Å². The Morgan fingerprint density at radius 3 is 2.14 bits per heavy atom. The highest BCUT2D eigenvalue weighted by Gasteiger charge is 2.17. The minimum Gasteiger partial charge on any atom is -0.493 e. The van der Waals surface area contributed by atoms with Gasteiger partial charge in [-0.2, -0.15) is 0 Å². The van der Waals surface area contributed by atoms with Gasteiger partial charge in [-0.25, -0.2) is 0 Å². The zero-order valence-electron chi connectivity index (χ0n) is 17.5. The van der Waals surface area contributed by atoms with Crippen molar-refractivity contribution in [3.63, 3.8) is 0 Å². The third-order valence-corrected chi connectivity index (χ3v) is 5.26. The summed E-state index contributed by atoms with van der Waals surface area (Å²) in [4.78, 5) is 14.9. The van der Waals surface area contributed by atoms with Gasteiger partial charge in [0.1, 0.15) is 0 Å². The van der Waals surface area contributed by atoms with Crippen molar-refractivity contribution >= 4 is 11.6 Å². The van der Waals surface area contributed by atoms with Crippen LogP contribution in [0.3, 0.4) is 0 Å². The summed E-state index contributed by atoms with van der Waals surface area (Å²) in [6, 6.07) is 12.1. The third kappa shape index (κ3) is 5.13. The van der Waals surface area contributed by atoms with Crippen LogP contribution < -0.4 is 24.4 Å². The number of nitrogens with one attached hydrogen (secondary N) is 1. The molecule has 1 heterocycles. The number of nitrogens with zero attached hydrogens (tertiary/aromatic N) is 1. The summed E-state index contributed by atoms with van der Waals surface area (Å²) >= 11 is 0. The van der Waals surface area contributed by atoms with Crippen molar-refractivity contribution in [2.24, 2.45) is 0 Å². The number of hydrogen-bond acceptors (Lipinski definition) is 5. The van der Waals surface area contributed by atoms with Gasteiger partial charge in [-0.1, -0.05) is 12.1 Å². The zero-order chi connectivity index (χ0) is 20.6. The van der Waals surface area contributed by atoms with Crippen LogP contribution in [0.15, 0.2) is 36.4 Å². The topological polar surface area (TPSA) is 60.0 Å². The van der Waals surface area contributed by atoms with Crippen molar-refractivity contribution in [3.8, 4) is 17.2 Å². The monoisotopic (exact) mass is 398 g/mol. The van der Waals surface area contributed by atoms with E-state index < -0.39 is 0 Å². The van der Waals surface area contributed by atoms with E-state index in [1.54, 1.807) is 12.1 Å². The van der Waals surface area contributed by atoms with Crippen LogP contribution in [0.4, 0.5) is 5.69 Å². The minimum atomic E-state index is -0.159. The van der Waals surface area contributed by atoms with E-state index in [1.165, 1.54) is 45.4 Å². The number of carbonyl (C=O) groups excluding carboxylic acids is 1. The Hall–Kier alpha value is -2.89. The molecule has 0 spiro atoms. The standard InChI is InChI=1S/C23H30N2O4/c1-27-20-15-18(16-21(28-2)22(20)29-3)23(26)24-12-6-7-17-8-10-19(11-9-17)25-13-4-5-14-25/h8-11,15-16H,4-7,12-14H2,1-3H3,(H,24,26). The van der Waals surface area contributed by atoms with E-state index in [0.29, 0.717) is 29.4 Å². The molecule has 156 valence electrons. The van der Waals surface area contributed by atoms with Crippen LogP contribution in [-0.2, 0) is 6.42 Å². The first kappa shape index (κ1) is 20.8. The Kier molecular flexibility index (Phi) is 7.22. The first-order chi connectivity index (χ1) is 14.2. The second-order valence-corrected chi connectivity index (χ2v) is 7.13. The van der Waals surface area contributed by atoms with Crippen molar-refractivity contribution in [2.45, 2.75) is 25.7 Å². The minimum absolute atomic E-state index is 0.159. The van der Waals surface area contributed by atoms with Crippen LogP contribution in [0.2, 0.25) is 0 Å². The molecule has 3 rings (SSSR count). The molecule has 1 aliphatic rings. The fraction of sp³-hybridized carbons (Fsp3) is 0.435. The summed E-state index contributed by atoms with van der Waals surface area (Å²) < 4.78 is 15.9. The molecule has 0 aliphatic carbocycles. The van der Waals surface area contributed by atoms with Crippen LogP contribution in [0.1, 0.15) is 35.2 Å². The summed E-state index contributed by atoms with van der Waals surface area (Å²) in [6.07, 6.45) is 4.37. The van der Waals surface area contributed by atoms with E-state index in [-0.39, 0.29) is 5.91 Å². The van der Waals surface area contributed by atoms with Crippen LogP contribution in [0.25, 0.3) is 0 Å². The first-order valence-electron chi connectivity index (χ1n) is 10.1. The molecule has 1 aliphatic heterocycles. The molecule has 29 heavy (non-hydrogen) atoms. The molecule has 1 saturated heterocycles. The van der Waals surface area contributed by atoms with Gasteiger partial charge in [-0.15, -0.1) is 0 Å². The van der Waals surface area contributed by atoms with Gasteiger partial charge in [0.2, 0.25) is 5.75 Å². The Morgan fingerprint density at radius 2 is 1.59 bits per heavy atom. The van der Waals surface area contributed by atoms with Gasteiger partial charge in [0.25, 0.3) is 5.91 Å². The van der Waals surface area contributed by atoms with Gasteiger partial charge in [-0.05, 0) is 55.5 Å². The lowest BCUT2D eigenvalue weighted by molar-refractivity contribution is 0.0952. The molecule has 2 aromatic rings. The highest BCUT2D eigenvalue weighted by molar-refractivity contribution is 5.95. The summed E-state index contributed by atoms with van der Waals surface area (Å²) in [5, 5.41) is 2.97. The summed E-state index contributed by atoms with van der Waals surface area (Å²) in [7, 11) is 4.61. The maximum absolute atomic E-state index is 12.5. The van der Waals surface area contributed by atoms with Crippen LogP contribution in [0.5, 0.6) is 17.2 Å². The van der Waals surface area contributed by atoms with Crippen molar-refractivity contribution in [3.05, 3.63) is 47.5 Å². The second-order valence-electron chi connectivity index (χ2n) is 7.13. The normalized spacial score (nSPS) is 13.3. The van der Waals surface area contributed by atoms with Gasteiger partial charge in [0.05, 0.1) is 21.3 Å². The second kappa shape index (κ2) is 10.0. The van der Waals surface area contributed by atoms with E-state index in [0.717, 1.165) is 25.9 Å². The molecule has 0 aromatic heterocycles. The highest BCUT2D eigenvalue weighted by atomic mass is 16.5. The molecular weight excluding hydrogens is 368 g/mol.